The summed E-state index contributed by atoms with van der Waals surface area (Å²) in [6, 6.07) is 0. The van der Waals surface area contributed by atoms with E-state index in [0.29, 0.717) is 0 Å². The molecule has 0 bridgehead atoms. The topological polar surface area (TPSA) is 0 Å². The first-order chi connectivity index (χ1) is 7.21. The van der Waals surface area contributed by atoms with Crippen molar-refractivity contribution in [2.24, 2.45) is 0 Å². The van der Waals surface area contributed by atoms with Gasteiger partial charge in [-0.3, -0.25) is 0 Å². The van der Waals surface area contributed by atoms with E-state index in [1.165, 1.54) is 12.8 Å². The molecular weight excluding hydrogens is 224 g/mol. The minimum absolute atomic E-state index is 1.10. The van der Waals surface area contributed by atoms with Crippen molar-refractivity contribution >= 4 is 16.1 Å². The van der Waals surface area contributed by atoms with Crippen LogP contribution in [-0.4, -0.2) is 16.1 Å². The maximum Gasteiger partial charge on any atom is 0.0728 e. The summed E-state index contributed by atoms with van der Waals surface area (Å²) in [5, 5.41) is 3.40. The molecular formula is C14H26Si2. The molecule has 0 aromatic heterocycles. The second-order valence-electron chi connectivity index (χ2n) is 6.76. The van der Waals surface area contributed by atoms with Gasteiger partial charge in [0, 0.05) is 0 Å². The highest BCUT2D eigenvalue weighted by Gasteiger charge is 2.22. The SMILES string of the molecule is C[Si](C)(C)C1=CC=CCC([Si](C)(C)C)=CC1. The van der Waals surface area contributed by atoms with Crippen LogP contribution in [0.15, 0.2) is 34.7 Å². The Morgan fingerprint density at radius 1 is 0.812 bits per heavy atom. The fraction of sp³-hybridized carbons (Fsp3) is 0.571. The second-order valence-corrected chi connectivity index (χ2v) is 17.0. The van der Waals surface area contributed by atoms with Crippen molar-refractivity contribution in [2.45, 2.75) is 52.1 Å². The van der Waals surface area contributed by atoms with E-state index in [1.807, 2.05) is 0 Å². The van der Waals surface area contributed by atoms with Crippen LogP contribution < -0.4 is 0 Å². The van der Waals surface area contributed by atoms with E-state index in [1.54, 1.807) is 10.4 Å². The lowest BCUT2D eigenvalue weighted by molar-refractivity contribution is 1.20. The van der Waals surface area contributed by atoms with E-state index in [0.717, 1.165) is 0 Å². The van der Waals surface area contributed by atoms with E-state index in [2.05, 4.69) is 63.6 Å². The molecule has 90 valence electrons. The molecule has 0 unspecified atom stereocenters. The van der Waals surface area contributed by atoms with Crippen LogP contribution in [0.3, 0.4) is 0 Å². The highest BCUT2D eigenvalue weighted by molar-refractivity contribution is 6.84. The summed E-state index contributed by atoms with van der Waals surface area (Å²) in [6.07, 6.45) is 11.9. The minimum atomic E-state index is -1.12. The predicted molar refractivity (Wildman–Crippen MR) is 81.2 cm³/mol. The van der Waals surface area contributed by atoms with Gasteiger partial charge < -0.3 is 0 Å². The van der Waals surface area contributed by atoms with Gasteiger partial charge in [-0.1, -0.05) is 74.0 Å². The molecule has 0 atom stereocenters. The third-order valence-corrected chi connectivity index (χ3v) is 7.90. The predicted octanol–water partition coefficient (Wildman–Crippen LogP) is 4.94. The Bertz CT molecular complexity index is 333. The molecule has 2 heteroatoms. The molecule has 0 N–H and O–H groups in total. The first-order valence-corrected chi connectivity index (χ1v) is 13.3. The fourth-order valence-corrected chi connectivity index (χ4v) is 4.69. The summed E-state index contributed by atoms with van der Waals surface area (Å²) in [5.41, 5.74) is 0. The second kappa shape index (κ2) is 4.88. The molecule has 0 nitrogen and oxygen atoms in total. The standard InChI is InChI=1S/C14H26Si2/c1-15(2,3)13-9-7-8-10-14(12-11-13)16(4,5)6/h7-9,12H,10-11H2,1-6H3. The van der Waals surface area contributed by atoms with Crippen LogP contribution in [0.25, 0.3) is 0 Å². The van der Waals surface area contributed by atoms with E-state index in [9.17, 15) is 0 Å². The minimum Gasteiger partial charge on any atom is -0.0852 e. The van der Waals surface area contributed by atoms with Gasteiger partial charge in [-0.25, -0.2) is 0 Å². The molecule has 0 radical (unpaired) electrons. The molecule has 0 saturated carbocycles. The summed E-state index contributed by atoms with van der Waals surface area (Å²) in [5.74, 6) is 0. The van der Waals surface area contributed by atoms with Gasteiger partial charge in [-0.05, 0) is 12.8 Å². The van der Waals surface area contributed by atoms with Crippen molar-refractivity contribution < 1.29 is 0 Å². The Morgan fingerprint density at radius 2 is 1.38 bits per heavy atom. The number of rotatable bonds is 2. The molecule has 0 aromatic carbocycles. The Balaban J connectivity index is 2.96. The van der Waals surface area contributed by atoms with Gasteiger partial charge >= 0.3 is 0 Å². The smallest absolute Gasteiger partial charge is 0.0728 e. The zero-order valence-corrected chi connectivity index (χ0v) is 13.7. The van der Waals surface area contributed by atoms with Crippen LogP contribution in [0.1, 0.15) is 12.8 Å². The molecule has 1 aliphatic rings. The normalized spacial score (nSPS) is 18.6. The zero-order chi connectivity index (χ0) is 12.4. The molecule has 0 aliphatic heterocycles. The lowest BCUT2D eigenvalue weighted by Crippen LogP contribution is -2.26. The van der Waals surface area contributed by atoms with Crippen LogP contribution >= 0.6 is 0 Å². The quantitative estimate of drug-likeness (QED) is 0.609. The van der Waals surface area contributed by atoms with Crippen molar-refractivity contribution in [3.63, 3.8) is 0 Å². The third-order valence-electron chi connectivity index (χ3n) is 3.27. The Labute approximate surface area is 103 Å². The van der Waals surface area contributed by atoms with Crippen molar-refractivity contribution in [3.8, 4) is 0 Å². The average molecular weight is 251 g/mol. The van der Waals surface area contributed by atoms with E-state index in [-0.39, 0.29) is 0 Å². The molecule has 16 heavy (non-hydrogen) atoms. The van der Waals surface area contributed by atoms with Gasteiger partial charge in [0.05, 0.1) is 16.1 Å². The van der Waals surface area contributed by atoms with E-state index < -0.39 is 16.1 Å². The van der Waals surface area contributed by atoms with E-state index in [4.69, 9.17) is 0 Å². The molecule has 0 heterocycles. The summed E-state index contributed by atoms with van der Waals surface area (Å²) >= 11 is 0. The van der Waals surface area contributed by atoms with Crippen LogP contribution in [0.4, 0.5) is 0 Å². The number of hydrogen-bond donors (Lipinski definition) is 0. The zero-order valence-electron chi connectivity index (χ0n) is 11.7. The van der Waals surface area contributed by atoms with Crippen molar-refractivity contribution in [2.75, 3.05) is 0 Å². The Kier molecular flexibility index (Phi) is 4.19. The van der Waals surface area contributed by atoms with Crippen molar-refractivity contribution in [3.05, 3.63) is 34.7 Å². The molecule has 0 aromatic rings. The summed E-state index contributed by atoms with van der Waals surface area (Å²) < 4.78 is 0. The summed E-state index contributed by atoms with van der Waals surface area (Å²) in [4.78, 5) is 0. The first-order valence-electron chi connectivity index (χ1n) is 6.27. The number of hydrogen-bond acceptors (Lipinski definition) is 0. The number of allylic oxidation sites excluding steroid dienone is 6. The molecule has 0 fully saturated rings. The van der Waals surface area contributed by atoms with Crippen LogP contribution in [0, 0.1) is 0 Å². The molecule has 0 saturated heterocycles. The summed E-state index contributed by atoms with van der Waals surface area (Å²) in [7, 11) is -2.22. The van der Waals surface area contributed by atoms with E-state index >= 15 is 0 Å². The maximum atomic E-state index is 2.53. The van der Waals surface area contributed by atoms with Gasteiger partial charge in [-0.15, -0.1) is 0 Å². The van der Waals surface area contributed by atoms with Gasteiger partial charge in [0.2, 0.25) is 0 Å². The highest BCUT2D eigenvalue weighted by atomic mass is 28.3. The lowest BCUT2D eigenvalue weighted by Gasteiger charge is -2.24. The van der Waals surface area contributed by atoms with Crippen LogP contribution in [0.2, 0.25) is 39.3 Å². The Hall–Kier alpha value is -0.346. The largest absolute Gasteiger partial charge is 0.0852 e. The third kappa shape index (κ3) is 3.91. The Morgan fingerprint density at radius 3 is 1.88 bits per heavy atom. The first kappa shape index (κ1) is 13.7. The summed E-state index contributed by atoms with van der Waals surface area (Å²) in [6.45, 7) is 14.7. The molecule has 0 spiro atoms. The maximum absolute atomic E-state index is 2.53. The lowest BCUT2D eigenvalue weighted by atomic mass is 10.2. The van der Waals surface area contributed by atoms with Gasteiger partial charge in [-0.2, -0.15) is 0 Å². The fourth-order valence-electron chi connectivity index (χ4n) is 1.93. The van der Waals surface area contributed by atoms with Gasteiger partial charge in [0.1, 0.15) is 0 Å². The molecule has 0 amide bonds. The molecule has 1 rings (SSSR count). The van der Waals surface area contributed by atoms with Crippen molar-refractivity contribution in [1.29, 1.82) is 0 Å². The average Bonchev–Trinajstić information content (AvgIpc) is 1.96. The van der Waals surface area contributed by atoms with Crippen LogP contribution in [0.5, 0.6) is 0 Å². The molecule has 1 aliphatic carbocycles. The van der Waals surface area contributed by atoms with Gasteiger partial charge in [0.25, 0.3) is 0 Å². The highest BCUT2D eigenvalue weighted by Crippen LogP contribution is 2.25. The van der Waals surface area contributed by atoms with Gasteiger partial charge in [0.15, 0.2) is 0 Å². The van der Waals surface area contributed by atoms with Crippen LogP contribution in [-0.2, 0) is 0 Å². The monoisotopic (exact) mass is 250 g/mol. The van der Waals surface area contributed by atoms with Crippen molar-refractivity contribution in [1.82, 2.24) is 0 Å².